The van der Waals surface area contributed by atoms with Crippen LogP contribution in [0.5, 0.6) is 0 Å². The fourth-order valence-corrected chi connectivity index (χ4v) is 6.88. The molecule has 0 aromatic heterocycles. The highest BCUT2D eigenvalue weighted by Crippen LogP contribution is 2.40. The van der Waals surface area contributed by atoms with Crippen LogP contribution >= 0.6 is 0 Å². The number of carbonyl (C=O) groups excluding carboxylic acids is 4. The predicted molar refractivity (Wildman–Crippen MR) is 202 cm³/mol. The van der Waals surface area contributed by atoms with E-state index in [1.54, 1.807) is 0 Å². The lowest BCUT2D eigenvalue weighted by molar-refractivity contribution is 0.111. The van der Waals surface area contributed by atoms with E-state index in [2.05, 4.69) is 72.8 Å². The fraction of sp³-hybridized carbons (Fsp3) is 0. The van der Waals surface area contributed by atoms with Gasteiger partial charge in [-0.15, -0.1) is 0 Å². The molecule has 0 bridgehead atoms. The van der Waals surface area contributed by atoms with Crippen LogP contribution in [0.4, 0.5) is 0 Å². The molecule has 0 amide bonds. The second kappa shape index (κ2) is 12.7. The van der Waals surface area contributed by atoms with Crippen molar-refractivity contribution in [1.29, 1.82) is 0 Å². The van der Waals surface area contributed by atoms with Gasteiger partial charge in [0.05, 0.1) is 0 Å². The Hall–Kier alpha value is -6.78. The molecule has 0 aliphatic heterocycles. The second-order valence-corrected chi connectivity index (χ2v) is 12.5. The molecule has 0 N–H and O–H groups in total. The molecule has 0 radical (unpaired) electrons. The molecule has 0 unspecified atom stereocenters. The zero-order valence-corrected chi connectivity index (χ0v) is 26.8. The Kier molecular flexibility index (Phi) is 7.75. The normalized spacial score (nSPS) is 11.1. The van der Waals surface area contributed by atoms with E-state index in [9.17, 15) is 19.2 Å². The van der Waals surface area contributed by atoms with Crippen molar-refractivity contribution in [3.8, 4) is 0 Å². The maximum Gasteiger partial charge on any atom is 0.150 e. The Bertz CT molecular complexity index is 2360. The van der Waals surface area contributed by atoms with Crippen molar-refractivity contribution < 1.29 is 19.2 Å². The Labute approximate surface area is 287 Å². The molecule has 8 rings (SSSR count). The Morgan fingerprint density at radius 2 is 0.460 bits per heavy atom. The summed E-state index contributed by atoms with van der Waals surface area (Å²) in [6.07, 6.45) is 3.43. The molecule has 0 heterocycles. The van der Waals surface area contributed by atoms with E-state index in [-0.39, 0.29) is 0 Å². The van der Waals surface area contributed by atoms with Gasteiger partial charge >= 0.3 is 0 Å². The summed E-state index contributed by atoms with van der Waals surface area (Å²) in [7, 11) is 0. The number of fused-ring (bicyclic) bond motifs is 4. The molecular weight excluding hydrogens is 617 g/mol. The minimum Gasteiger partial charge on any atom is -0.298 e. The Morgan fingerprint density at radius 3 is 0.680 bits per heavy atom. The van der Waals surface area contributed by atoms with E-state index in [0.717, 1.165) is 102 Å². The number of hydrogen-bond donors (Lipinski definition) is 0. The Morgan fingerprint density at radius 1 is 0.260 bits per heavy atom. The van der Waals surface area contributed by atoms with Gasteiger partial charge in [0.1, 0.15) is 25.1 Å². The van der Waals surface area contributed by atoms with Gasteiger partial charge in [-0.3, -0.25) is 19.2 Å². The minimum atomic E-state index is 0.619. The SMILES string of the molecule is O=Cc1ccc2cc(C(=C(c3ccc4cc(C=O)ccc4c3)c3ccc4cc(C=O)ccc4c3)c3ccc4cc(C=O)ccc4c3)ccc2c1. The number of rotatable bonds is 8. The zero-order chi connectivity index (χ0) is 34.2. The first kappa shape index (κ1) is 30.5. The third-order valence-corrected chi connectivity index (χ3v) is 9.41. The monoisotopic (exact) mass is 644 g/mol. The first-order valence-corrected chi connectivity index (χ1v) is 16.3. The van der Waals surface area contributed by atoms with E-state index in [1.807, 2.05) is 72.8 Å². The maximum atomic E-state index is 11.6. The van der Waals surface area contributed by atoms with Gasteiger partial charge in [0.15, 0.2) is 0 Å². The van der Waals surface area contributed by atoms with Gasteiger partial charge in [0.2, 0.25) is 0 Å². The van der Waals surface area contributed by atoms with Gasteiger partial charge in [0, 0.05) is 22.3 Å². The van der Waals surface area contributed by atoms with Crippen molar-refractivity contribution in [2.45, 2.75) is 0 Å². The van der Waals surface area contributed by atoms with Crippen LogP contribution in [0.3, 0.4) is 0 Å². The standard InChI is InChI=1S/C46H28O4/c47-25-29-1-5-37-21-41(13-9-33(37)17-29)45(42-14-10-34-18-30(26-48)2-6-38(34)22-42)46(43-15-11-35-19-31(27-49)3-7-39(35)23-43)44-16-12-36-20-32(28-50)4-8-40(36)24-44/h1-28H. The topological polar surface area (TPSA) is 68.3 Å². The summed E-state index contributed by atoms with van der Waals surface area (Å²) in [6, 6.07) is 48.0. The third-order valence-electron chi connectivity index (χ3n) is 9.41. The molecule has 0 aliphatic carbocycles. The van der Waals surface area contributed by atoms with Crippen LogP contribution in [0, 0.1) is 0 Å². The summed E-state index contributed by atoms with van der Waals surface area (Å²) in [5, 5.41) is 7.87. The lowest BCUT2D eigenvalue weighted by Crippen LogP contribution is -1.99. The number of aldehydes is 4. The number of hydrogen-bond acceptors (Lipinski definition) is 4. The first-order valence-electron chi connectivity index (χ1n) is 16.3. The average molecular weight is 645 g/mol. The predicted octanol–water partition coefficient (Wildman–Crippen LogP) is 10.6. The van der Waals surface area contributed by atoms with Crippen LogP contribution in [0.1, 0.15) is 63.7 Å². The molecule has 50 heavy (non-hydrogen) atoms. The van der Waals surface area contributed by atoms with Gasteiger partial charge < -0.3 is 0 Å². The molecule has 0 fully saturated rings. The molecule has 8 aromatic rings. The van der Waals surface area contributed by atoms with Crippen molar-refractivity contribution in [3.63, 3.8) is 0 Å². The van der Waals surface area contributed by atoms with Gasteiger partial charge in [-0.25, -0.2) is 0 Å². The van der Waals surface area contributed by atoms with Gasteiger partial charge in [-0.05, 0) is 125 Å². The van der Waals surface area contributed by atoms with E-state index in [1.165, 1.54) is 0 Å². The van der Waals surface area contributed by atoms with Crippen molar-refractivity contribution >= 4 is 79.4 Å². The van der Waals surface area contributed by atoms with Gasteiger partial charge in [0.25, 0.3) is 0 Å². The second-order valence-electron chi connectivity index (χ2n) is 12.5. The van der Waals surface area contributed by atoms with Gasteiger partial charge in [-0.1, -0.05) is 97.1 Å². The van der Waals surface area contributed by atoms with E-state index < -0.39 is 0 Å². The number of carbonyl (C=O) groups is 4. The summed E-state index contributed by atoms with van der Waals surface area (Å²) in [4.78, 5) is 46.2. The largest absolute Gasteiger partial charge is 0.298 e. The molecule has 0 aliphatic rings. The quantitative estimate of drug-likeness (QED) is 0.122. The van der Waals surface area contributed by atoms with Crippen molar-refractivity contribution in [1.82, 2.24) is 0 Å². The highest BCUT2D eigenvalue weighted by Gasteiger charge is 2.19. The smallest absolute Gasteiger partial charge is 0.150 e. The lowest BCUT2D eigenvalue weighted by Gasteiger charge is -2.20. The van der Waals surface area contributed by atoms with Crippen molar-refractivity contribution in [2.24, 2.45) is 0 Å². The van der Waals surface area contributed by atoms with Crippen LogP contribution < -0.4 is 0 Å². The lowest BCUT2D eigenvalue weighted by atomic mass is 9.83. The summed E-state index contributed by atoms with van der Waals surface area (Å²) >= 11 is 0. The molecule has 0 spiro atoms. The van der Waals surface area contributed by atoms with Crippen LogP contribution in [-0.4, -0.2) is 25.1 Å². The molecule has 4 heteroatoms. The van der Waals surface area contributed by atoms with Crippen LogP contribution in [-0.2, 0) is 0 Å². The van der Waals surface area contributed by atoms with Gasteiger partial charge in [-0.2, -0.15) is 0 Å². The van der Waals surface area contributed by atoms with Crippen LogP contribution in [0.15, 0.2) is 146 Å². The molecular formula is C46H28O4. The van der Waals surface area contributed by atoms with Crippen LogP contribution in [0.2, 0.25) is 0 Å². The summed E-state index contributed by atoms with van der Waals surface area (Å²) < 4.78 is 0. The highest BCUT2D eigenvalue weighted by molar-refractivity contribution is 6.09. The average Bonchev–Trinajstić information content (AvgIpc) is 3.18. The number of benzene rings is 8. The zero-order valence-electron chi connectivity index (χ0n) is 26.8. The molecule has 236 valence electrons. The summed E-state index contributed by atoms with van der Waals surface area (Å²) in [5.74, 6) is 0. The molecule has 0 saturated carbocycles. The maximum absolute atomic E-state index is 11.6. The summed E-state index contributed by atoms with van der Waals surface area (Å²) in [5.41, 5.74) is 8.43. The molecule has 4 nitrogen and oxygen atoms in total. The van der Waals surface area contributed by atoms with E-state index in [0.29, 0.717) is 22.3 Å². The summed E-state index contributed by atoms with van der Waals surface area (Å²) in [6.45, 7) is 0. The molecule has 8 aromatic carbocycles. The molecule has 0 saturated heterocycles. The molecule has 0 atom stereocenters. The fourth-order valence-electron chi connectivity index (χ4n) is 6.88. The first-order chi connectivity index (χ1) is 24.5. The minimum absolute atomic E-state index is 0.619. The third kappa shape index (κ3) is 5.59. The van der Waals surface area contributed by atoms with Crippen molar-refractivity contribution in [2.75, 3.05) is 0 Å². The van der Waals surface area contributed by atoms with E-state index in [4.69, 9.17) is 0 Å². The van der Waals surface area contributed by atoms with Crippen LogP contribution in [0.25, 0.3) is 54.2 Å². The van der Waals surface area contributed by atoms with E-state index >= 15 is 0 Å². The Balaban J connectivity index is 1.47. The van der Waals surface area contributed by atoms with Crippen molar-refractivity contribution in [3.05, 3.63) is 190 Å². The highest BCUT2D eigenvalue weighted by atomic mass is 16.1.